The van der Waals surface area contributed by atoms with Crippen molar-refractivity contribution in [2.45, 2.75) is 83.6 Å². The minimum Gasteiger partial charge on any atom is -0.459 e. The number of aliphatic hydroxyl groups excluding tert-OH is 3. The van der Waals surface area contributed by atoms with Crippen LogP contribution in [0.25, 0.3) is 0 Å². The molecule has 1 aliphatic heterocycles. The number of rotatable bonds is 1. The average molecular weight is 424 g/mol. The lowest BCUT2D eigenvalue weighted by molar-refractivity contribution is -0.281. The van der Waals surface area contributed by atoms with Crippen LogP contribution in [-0.4, -0.2) is 74.9 Å². The van der Waals surface area contributed by atoms with Crippen LogP contribution in [0.2, 0.25) is 0 Å². The molecule has 0 aromatic carbocycles. The Balaban J connectivity index is 2.02. The first kappa shape index (κ1) is 21.9. The van der Waals surface area contributed by atoms with Gasteiger partial charge in [-0.3, -0.25) is 9.59 Å². The fourth-order valence-corrected chi connectivity index (χ4v) is 6.63. The number of ketones is 1. The maximum absolute atomic E-state index is 13.7. The summed E-state index contributed by atoms with van der Waals surface area (Å²) in [5.74, 6) is -2.22. The molecular formula is C22H32O8. The number of carbonyl (C=O) groups is 2. The highest BCUT2D eigenvalue weighted by atomic mass is 16.6. The summed E-state index contributed by atoms with van der Waals surface area (Å²) < 4.78 is 11.3. The van der Waals surface area contributed by atoms with E-state index in [9.17, 15) is 30.0 Å². The average Bonchev–Trinajstić information content (AvgIpc) is 2.62. The summed E-state index contributed by atoms with van der Waals surface area (Å²) in [4.78, 5) is 25.9. The zero-order valence-corrected chi connectivity index (χ0v) is 18.1. The molecule has 0 amide bonds. The topological polar surface area (TPSA) is 134 Å². The van der Waals surface area contributed by atoms with Gasteiger partial charge in [-0.25, -0.2) is 0 Å². The van der Waals surface area contributed by atoms with Crippen molar-refractivity contribution in [1.82, 2.24) is 0 Å². The van der Waals surface area contributed by atoms with Gasteiger partial charge < -0.3 is 29.9 Å². The van der Waals surface area contributed by atoms with Crippen LogP contribution >= 0.6 is 0 Å². The lowest BCUT2D eigenvalue weighted by Crippen LogP contribution is -2.74. The molecule has 2 bridgehead atoms. The van der Waals surface area contributed by atoms with E-state index in [4.69, 9.17) is 9.47 Å². The Labute approximate surface area is 175 Å². The first-order valence-electron chi connectivity index (χ1n) is 10.6. The quantitative estimate of drug-likeness (QED) is 0.344. The molecule has 8 heteroatoms. The Morgan fingerprint density at radius 2 is 1.83 bits per heavy atom. The summed E-state index contributed by atoms with van der Waals surface area (Å²) in [6.45, 7) is 8.15. The van der Waals surface area contributed by atoms with Crippen LogP contribution in [0.1, 0.15) is 47.5 Å². The predicted octanol–water partition coefficient (Wildman–Crippen LogP) is 0.102. The van der Waals surface area contributed by atoms with Crippen molar-refractivity contribution in [2.24, 2.45) is 22.7 Å². The number of aliphatic hydroxyl groups is 4. The fraction of sp³-hybridized carbons (Fsp3) is 0.818. The van der Waals surface area contributed by atoms with Crippen molar-refractivity contribution in [1.29, 1.82) is 0 Å². The van der Waals surface area contributed by atoms with Crippen LogP contribution < -0.4 is 0 Å². The first-order chi connectivity index (χ1) is 13.8. The van der Waals surface area contributed by atoms with Crippen LogP contribution in [0.4, 0.5) is 0 Å². The van der Waals surface area contributed by atoms with Gasteiger partial charge in [-0.05, 0) is 25.0 Å². The summed E-state index contributed by atoms with van der Waals surface area (Å²) in [5, 5.41) is 45.1. The van der Waals surface area contributed by atoms with E-state index in [-0.39, 0.29) is 30.4 Å². The molecule has 0 unspecified atom stereocenters. The minimum absolute atomic E-state index is 0.116. The zero-order valence-electron chi connectivity index (χ0n) is 18.1. The SMILES string of the molecule is CC(=O)O[C@H]1[C@@H]2[C@@H]3CO[C@@H]3C[C@H](O)[C@@]2(C)C(=O)[C@H](O)C2=C(C)[C@@H](O)C[C@]1(O)C2(C)C. The van der Waals surface area contributed by atoms with E-state index in [1.165, 1.54) is 6.92 Å². The van der Waals surface area contributed by atoms with E-state index in [0.717, 1.165) is 0 Å². The van der Waals surface area contributed by atoms with Gasteiger partial charge in [0.15, 0.2) is 5.78 Å². The van der Waals surface area contributed by atoms with Crippen LogP contribution in [0.5, 0.6) is 0 Å². The van der Waals surface area contributed by atoms with Gasteiger partial charge in [-0.15, -0.1) is 0 Å². The third kappa shape index (κ3) is 2.51. The van der Waals surface area contributed by atoms with E-state index in [2.05, 4.69) is 0 Å². The van der Waals surface area contributed by atoms with E-state index in [1.54, 1.807) is 27.7 Å². The molecule has 0 spiro atoms. The van der Waals surface area contributed by atoms with Gasteiger partial charge in [0.05, 0.1) is 30.3 Å². The number of carbonyl (C=O) groups excluding carboxylic acids is 2. The highest BCUT2D eigenvalue weighted by Crippen LogP contribution is 2.61. The molecule has 0 radical (unpaired) electrons. The Kier molecular flexibility index (Phi) is 4.81. The van der Waals surface area contributed by atoms with Crippen molar-refractivity contribution in [3.05, 3.63) is 11.1 Å². The molecule has 4 rings (SSSR count). The minimum atomic E-state index is -1.77. The second-order valence-electron chi connectivity index (χ2n) is 10.3. The van der Waals surface area contributed by atoms with E-state index >= 15 is 0 Å². The molecule has 0 aromatic heterocycles. The Morgan fingerprint density at radius 1 is 1.20 bits per heavy atom. The molecule has 8 nitrogen and oxygen atoms in total. The predicted molar refractivity (Wildman–Crippen MR) is 104 cm³/mol. The van der Waals surface area contributed by atoms with E-state index in [1.807, 2.05) is 0 Å². The molecular weight excluding hydrogens is 392 g/mol. The number of esters is 1. The molecule has 4 aliphatic rings. The normalized spacial score (nSPS) is 49.9. The molecule has 4 N–H and O–H groups in total. The number of hydrogen-bond acceptors (Lipinski definition) is 8. The molecule has 168 valence electrons. The smallest absolute Gasteiger partial charge is 0.303 e. The number of fused-ring (bicyclic) bond motifs is 5. The maximum atomic E-state index is 13.7. The summed E-state index contributed by atoms with van der Waals surface area (Å²) in [7, 11) is 0. The van der Waals surface area contributed by atoms with Crippen LogP contribution in [0.3, 0.4) is 0 Å². The Morgan fingerprint density at radius 3 is 2.37 bits per heavy atom. The van der Waals surface area contributed by atoms with Gasteiger partial charge in [0.2, 0.25) is 0 Å². The van der Waals surface area contributed by atoms with Gasteiger partial charge in [0.25, 0.3) is 0 Å². The molecule has 0 aromatic rings. The Bertz CT molecular complexity index is 818. The fourth-order valence-electron chi connectivity index (χ4n) is 6.63. The van der Waals surface area contributed by atoms with Gasteiger partial charge >= 0.3 is 5.97 Å². The standard InChI is InChI=1S/C22H32O8/c1-9-12(24)7-22(28)19(30-10(2)23)16-11-8-29-13(11)6-14(25)21(16,5)18(27)17(26)15(9)20(22,3)4/h11-14,16-17,19,24-26,28H,6-8H2,1-5H3/t11-,12+,13-,14+,16+,17-,19+,21-,22-/m1/s1. The third-order valence-corrected chi connectivity index (χ3v) is 8.61. The van der Waals surface area contributed by atoms with Crippen molar-refractivity contribution in [3.63, 3.8) is 0 Å². The largest absolute Gasteiger partial charge is 0.459 e. The third-order valence-electron chi connectivity index (χ3n) is 8.61. The Hall–Kier alpha value is -1.32. The van der Waals surface area contributed by atoms with E-state index < -0.39 is 58.5 Å². The maximum Gasteiger partial charge on any atom is 0.303 e. The number of ether oxygens (including phenoxy) is 2. The van der Waals surface area contributed by atoms with Gasteiger partial charge in [-0.2, -0.15) is 0 Å². The highest BCUT2D eigenvalue weighted by Gasteiger charge is 2.71. The summed E-state index contributed by atoms with van der Waals surface area (Å²) >= 11 is 0. The van der Waals surface area contributed by atoms with E-state index in [0.29, 0.717) is 12.2 Å². The first-order valence-corrected chi connectivity index (χ1v) is 10.6. The zero-order chi connectivity index (χ0) is 22.4. The van der Waals surface area contributed by atoms with Gasteiger partial charge in [-0.1, -0.05) is 13.8 Å². The molecule has 3 fully saturated rings. The van der Waals surface area contributed by atoms with Crippen molar-refractivity contribution in [3.8, 4) is 0 Å². The molecule has 3 aliphatic carbocycles. The molecule has 1 heterocycles. The molecule has 1 saturated heterocycles. The van der Waals surface area contributed by atoms with Crippen molar-refractivity contribution < 1.29 is 39.5 Å². The second-order valence-corrected chi connectivity index (χ2v) is 10.3. The van der Waals surface area contributed by atoms with Crippen molar-refractivity contribution in [2.75, 3.05) is 6.61 Å². The lowest BCUT2D eigenvalue weighted by atomic mass is 9.46. The summed E-state index contributed by atoms with van der Waals surface area (Å²) in [6, 6.07) is 0. The number of hydrogen-bond donors (Lipinski definition) is 4. The van der Waals surface area contributed by atoms with Crippen LogP contribution in [0, 0.1) is 22.7 Å². The summed E-state index contributed by atoms with van der Waals surface area (Å²) in [5.41, 5.74) is -3.75. The monoisotopic (exact) mass is 424 g/mol. The van der Waals surface area contributed by atoms with Crippen LogP contribution in [-0.2, 0) is 19.1 Å². The van der Waals surface area contributed by atoms with Crippen LogP contribution in [0.15, 0.2) is 11.1 Å². The van der Waals surface area contributed by atoms with Crippen molar-refractivity contribution >= 4 is 11.8 Å². The molecule has 2 saturated carbocycles. The molecule has 30 heavy (non-hydrogen) atoms. The molecule has 9 atom stereocenters. The lowest BCUT2D eigenvalue weighted by Gasteiger charge is -2.64. The van der Waals surface area contributed by atoms with Gasteiger partial charge in [0.1, 0.15) is 17.8 Å². The number of Topliss-reactive ketones (excluding diaryl/α,β-unsaturated/α-hetero) is 1. The summed E-state index contributed by atoms with van der Waals surface area (Å²) in [6.07, 6.45) is -5.22. The second kappa shape index (κ2) is 6.59. The van der Waals surface area contributed by atoms with Gasteiger partial charge in [0, 0.05) is 37.0 Å². The highest BCUT2D eigenvalue weighted by molar-refractivity contribution is 5.93.